The summed E-state index contributed by atoms with van der Waals surface area (Å²) in [7, 11) is 0. The molecule has 0 aliphatic carbocycles. The van der Waals surface area contributed by atoms with Gasteiger partial charge < -0.3 is 10.6 Å². The van der Waals surface area contributed by atoms with Gasteiger partial charge in [0.15, 0.2) is 0 Å². The first-order valence-corrected chi connectivity index (χ1v) is 6.91. The largest absolute Gasteiger partial charge is 0.354 e. The number of aryl methyl sites for hydroxylation is 1. The number of nitrogens with one attached hydrogen (secondary N) is 2. The summed E-state index contributed by atoms with van der Waals surface area (Å²) in [4.78, 5) is 24.3. The molecule has 0 bridgehead atoms. The topological polar surface area (TPSA) is 84.0 Å². The summed E-state index contributed by atoms with van der Waals surface area (Å²) in [6.07, 6.45) is 3.14. The summed E-state index contributed by atoms with van der Waals surface area (Å²) in [5.74, 6) is -0.382. The molecule has 2 heterocycles. The third kappa shape index (κ3) is 2.37. The van der Waals surface area contributed by atoms with Crippen LogP contribution in [0, 0.1) is 12.3 Å². The Hall–Kier alpha value is -1.98. The Balaban J connectivity index is 2.22. The molecular formula is C14H20N4O2. The number of carbonyl (C=O) groups is 2. The lowest BCUT2D eigenvalue weighted by atomic mass is 9.77. The van der Waals surface area contributed by atoms with E-state index in [-0.39, 0.29) is 17.2 Å². The first-order chi connectivity index (χ1) is 9.54. The molecule has 6 nitrogen and oxygen atoms in total. The molecule has 0 saturated carbocycles. The SMILES string of the molecule is CCC1(CC)CNC(=O)[C@H]1NC(=O)c1ccnnc1C. The second-order valence-electron chi connectivity index (χ2n) is 5.22. The maximum Gasteiger partial charge on any atom is 0.253 e. The van der Waals surface area contributed by atoms with Crippen LogP contribution in [0.4, 0.5) is 0 Å². The zero-order valence-electron chi connectivity index (χ0n) is 12.1. The second kappa shape index (κ2) is 5.56. The molecule has 0 spiro atoms. The number of hydrogen-bond donors (Lipinski definition) is 2. The fraction of sp³-hybridized carbons (Fsp3) is 0.571. The van der Waals surface area contributed by atoms with E-state index in [1.807, 2.05) is 13.8 Å². The molecule has 0 unspecified atom stereocenters. The van der Waals surface area contributed by atoms with E-state index in [4.69, 9.17) is 0 Å². The van der Waals surface area contributed by atoms with Gasteiger partial charge >= 0.3 is 0 Å². The molecule has 108 valence electrons. The maximum atomic E-state index is 12.3. The zero-order chi connectivity index (χ0) is 14.8. The van der Waals surface area contributed by atoms with Crippen LogP contribution in [0.5, 0.6) is 0 Å². The van der Waals surface area contributed by atoms with Gasteiger partial charge in [0.25, 0.3) is 5.91 Å². The van der Waals surface area contributed by atoms with Gasteiger partial charge in [0, 0.05) is 12.0 Å². The summed E-state index contributed by atoms with van der Waals surface area (Å²) in [5, 5.41) is 13.3. The molecule has 1 aromatic heterocycles. The molecule has 1 aromatic rings. The van der Waals surface area contributed by atoms with Gasteiger partial charge in [-0.2, -0.15) is 10.2 Å². The number of rotatable bonds is 4. The zero-order valence-corrected chi connectivity index (χ0v) is 12.1. The standard InChI is InChI=1S/C14H20N4O2/c1-4-14(5-2)8-15-13(20)11(14)17-12(19)10-6-7-16-18-9(10)3/h6-7,11H,4-5,8H2,1-3H3,(H,15,20)(H,17,19)/t11-/m1/s1. The van der Waals surface area contributed by atoms with Crippen LogP contribution in [0.2, 0.25) is 0 Å². The van der Waals surface area contributed by atoms with Crippen LogP contribution in [-0.4, -0.2) is 34.6 Å². The summed E-state index contributed by atoms with van der Waals surface area (Å²) in [6, 6.07) is 1.13. The summed E-state index contributed by atoms with van der Waals surface area (Å²) in [5.41, 5.74) is 0.809. The number of nitrogens with zero attached hydrogens (tertiary/aromatic N) is 2. The van der Waals surface area contributed by atoms with Crippen molar-refractivity contribution in [3.05, 3.63) is 23.5 Å². The lowest BCUT2D eigenvalue weighted by molar-refractivity contribution is -0.121. The van der Waals surface area contributed by atoms with Crippen molar-refractivity contribution >= 4 is 11.8 Å². The molecule has 0 radical (unpaired) electrons. The van der Waals surface area contributed by atoms with Crippen LogP contribution in [0.1, 0.15) is 42.7 Å². The lowest BCUT2D eigenvalue weighted by Gasteiger charge is -2.31. The predicted octanol–water partition coefficient (Wildman–Crippen LogP) is 0.820. The van der Waals surface area contributed by atoms with Crippen molar-refractivity contribution in [3.8, 4) is 0 Å². The van der Waals surface area contributed by atoms with Crippen LogP contribution in [-0.2, 0) is 4.79 Å². The van der Waals surface area contributed by atoms with Crippen molar-refractivity contribution in [1.29, 1.82) is 0 Å². The average Bonchev–Trinajstić information content (AvgIpc) is 2.77. The Bertz CT molecular complexity index is 526. The van der Waals surface area contributed by atoms with E-state index in [9.17, 15) is 9.59 Å². The monoisotopic (exact) mass is 276 g/mol. The highest BCUT2D eigenvalue weighted by Crippen LogP contribution is 2.34. The molecule has 1 saturated heterocycles. The molecular weight excluding hydrogens is 256 g/mol. The highest BCUT2D eigenvalue weighted by molar-refractivity contribution is 5.99. The van der Waals surface area contributed by atoms with Gasteiger partial charge in [-0.15, -0.1) is 0 Å². The summed E-state index contributed by atoms with van der Waals surface area (Å²) < 4.78 is 0. The highest BCUT2D eigenvalue weighted by atomic mass is 16.2. The Morgan fingerprint density at radius 2 is 2.20 bits per heavy atom. The van der Waals surface area contributed by atoms with E-state index < -0.39 is 6.04 Å². The van der Waals surface area contributed by atoms with E-state index in [1.54, 1.807) is 13.0 Å². The van der Waals surface area contributed by atoms with Crippen LogP contribution >= 0.6 is 0 Å². The second-order valence-corrected chi connectivity index (χ2v) is 5.22. The van der Waals surface area contributed by atoms with Crippen LogP contribution in [0.25, 0.3) is 0 Å². The lowest BCUT2D eigenvalue weighted by Crippen LogP contribution is -2.49. The third-order valence-electron chi connectivity index (χ3n) is 4.32. The smallest absolute Gasteiger partial charge is 0.253 e. The predicted molar refractivity (Wildman–Crippen MR) is 74.0 cm³/mol. The fourth-order valence-corrected chi connectivity index (χ4v) is 2.72. The molecule has 0 aromatic carbocycles. The van der Waals surface area contributed by atoms with E-state index in [0.717, 1.165) is 12.8 Å². The minimum Gasteiger partial charge on any atom is -0.354 e. The van der Waals surface area contributed by atoms with Crippen LogP contribution in [0.15, 0.2) is 12.3 Å². The Morgan fingerprint density at radius 3 is 2.80 bits per heavy atom. The van der Waals surface area contributed by atoms with E-state index in [1.165, 1.54) is 6.20 Å². The molecule has 20 heavy (non-hydrogen) atoms. The van der Waals surface area contributed by atoms with Gasteiger partial charge in [-0.05, 0) is 25.8 Å². The summed E-state index contributed by atoms with van der Waals surface area (Å²) >= 11 is 0. The minimum absolute atomic E-state index is 0.110. The molecule has 1 aliphatic heterocycles. The molecule has 2 N–H and O–H groups in total. The number of aromatic nitrogens is 2. The summed E-state index contributed by atoms with van der Waals surface area (Å²) in [6.45, 7) is 6.42. The fourth-order valence-electron chi connectivity index (χ4n) is 2.72. The average molecular weight is 276 g/mol. The van der Waals surface area contributed by atoms with Crippen molar-refractivity contribution < 1.29 is 9.59 Å². The Labute approximate surface area is 118 Å². The first-order valence-electron chi connectivity index (χ1n) is 6.91. The molecule has 1 atom stereocenters. The highest BCUT2D eigenvalue weighted by Gasteiger charge is 2.46. The molecule has 1 aliphatic rings. The quantitative estimate of drug-likeness (QED) is 0.852. The van der Waals surface area contributed by atoms with Gasteiger partial charge in [-0.1, -0.05) is 13.8 Å². The number of amides is 2. The molecule has 2 amide bonds. The van der Waals surface area contributed by atoms with Gasteiger partial charge in [-0.25, -0.2) is 0 Å². The van der Waals surface area contributed by atoms with E-state index >= 15 is 0 Å². The molecule has 1 fully saturated rings. The maximum absolute atomic E-state index is 12.3. The van der Waals surface area contributed by atoms with Gasteiger partial charge in [0.05, 0.1) is 17.5 Å². The van der Waals surface area contributed by atoms with Crippen LogP contribution in [0.3, 0.4) is 0 Å². The van der Waals surface area contributed by atoms with Crippen molar-refractivity contribution in [2.45, 2.75) is 39.7 Å². The van der Waals surface area contributed by atoms with Crippen molar-refractivity contribution in [3.63, 3.8) is 0 Å². The number of carbonyl (C=O) groups excluding carboxylic acids is 2. The van der Waals surface area contributed by atoms with Crippen LogP contribution < -0.4 is 10.6 Å². The third-order valence-corrected chi connectivity index (χ3v) is 4.32. The van der Waals surface area contributed by atoms with Crippen molar-refractivity contribution in [2.24, 2.45) is 5.41 Å². The van der Waals surface area contributed by atoms with Gasteiger partial charge in [0.1, 0.15) is 6.04 Å². The Morgan fingerprint density at radius 1 is 1.50 bits per heavy atom. The molecule has 2 rings (SSSR count). The van der Waals surface area contributed by atoms with E-state index in [2.05, 4.69) is 20.8 Å². The van der Waals surface area contributed by atoms with Gasteiger partial charge in [0.2, 0.25) is 5.91 Å². The Kier molecular flexibility index (Phi) is 4.01. The minimum atomic E-state index is -0.488. The number of hydrogen-bond acceptors (Lipinski definition) is 4. The van der Waals surface area contributed by atoms with Gasteiger partial charge in [-0.3, -0.25) is 9.59 Å². The normalized spacial score (nSPS) is 20.6. The first kappa shape index (κ1) is 14.4. The van der Waals surface area contributed by atoms with Crippen molar-refractivity contribution in [2.75, 3.05) is 6.54 Å². The van der Waals surface area contributed by atoms with Crippen molar-refractivity contribution in [1.82, 2.24) is 20.8 Å². The molecule has 6 heteroatoms. The van der Waals surface area contributed by atoms with E-state index in [0.29, 0.717) is 17.8 Å².